The summed E-state index contributed by atoms with van der Waals surface area (Å²) in [7, 11) is 0. The molecule has 0 radical (unpaired) electrons. The standard InChI is InChI=1S/C9H15N3O3S9/c13-4-10(7(19,20)1-16)5(14)12(9(23,24)3-18)6(15)11(4)8(21,22)2-17/h16-24H,1-3H2. The van der Waals surface area contributed by atoms with Gasteiger partial charge >= 0.3 is 17.1 Å². The summed E-state index contributed by atoms with van der Waals surface area (Å²) in [6.07, 6.45) is 0. The van der Waals surface area contributed by atoms with Gasteiger partial charge in [0.05, 0.1) is 0 Å². The molecule has 1 rings (SSSR count). The van der Waals surface area contributed by atoms with Crippen molar-refractivity contribution in [3.8, 4) is 0 Å². The number of nitrogens with zero attached hydrogens (tertiary/aromatic N) is 3. The van der Waals surface area contributed by atoms with Crippen LogP contribution in [-0.4, -0.2) is 31.0 Å². The molecule has 0 spiro atoms. The summed E-state index contributed by atoms with van der Waals surface area (Å²) in [5, 5.41) is 0. The molecule has 0 unspecified atom stereocenters. The van der Waals surface area contributed by atoms with Gasteiger partial charge in [-0.1, -0.05) is 0 Å². The highest BCUT2D eigenvalue weighted by Gasteiger charge is 2.38. The van der Waals surface area contributed by atoms with Crippen LogP contribution < -0.4 is 17.1 Å². The van der Waals surface area contributed by atoms with Gasteiger partial charge in [-0.2, -0.15) is 37.9 Å². The lowest BCUT2D eigenvalue weighted by Crippen LogP contribution is -2.63. The molecule has 0 aliphatic rings. The third kappa shape index (κ3) is 4.34. The number of hydrogen-bond acceptors (Lipinski definition) is 12. The van der Waals surface area contributed by atoms with E-state index in [0.29, 0.717) is 13.7 Å². The highest BCUT2D eigenvalue weighted by atomic mass is 32.2. The summed E-state index contributed by atoms with van der Waals surface area (Å²) < 4.78 is -2.88. The van der Waals surface area contributed by atoms with Crippen molar-refractivity contribution in [1.82, 2.24) is 13.7 Å². The Balaban J connectivity index is 4.22. The van der Waals surface area contributed by atoms with Crippen LogP contribution in [0.5, 0.6) is 0 Å². The van der Waals surface area contributed by atoms with E-state index in [0.717, 1.165) is 0 Å². The minimum Gasteiger partial charge on any atom is -0.247 e. The SMILES string of the molecule is O=c1n(C(S)(S)CS)c(=O)n(C(S)(S)CS)c(=O)n1C(S)(S)CS. The van der Waals surface area contributed by atoms with Crippen LogP contribution in [0, 0.1) is 0 Å². The van der Waals surface area contributed by atoms with Gasteiger partial charge in [0.15, 0.2) is 0 Å². The second-order valence-electron chi connectivity index (χ2n) is 4.65. The zero-order valence-electron chi connectivity index (χ0n) is 11.7. The maximum atomic E-state index is 12.8. The zero-order valence-corrected chi connectivity index (χ0v) is 19.8. The van der Waals surface area contributed by atoms with E-state index in [1.165, 1.54) is 0 Å². The molecule has 0 aliphatic carbocycles. The zero-order chi connectivity index (χ0) is 19.1. The molecule has 0 fully saturated rings. The minimum atomic E-state index is -1.60. The van der Waals surface area contributed by atoms with E-state index in [2.05, 4.69) is 114 Å². The van der Waals surface area contributed by atoms with Gasteiger partial charge in [0.2, 0.25) is 0 Å². The topological polar surface area (TPSA) is 66.0 Å². The molecule has 24 heavy (non-hydrogen) atoms. The Kier molecular flexibility index (Phi) is 8.15. The first-order chi connectivity index (χ1) is 10.8. The second-order valence-corrected chi connectivity index (χ2v) is 11.1. The fourth-order valence-corrected chi connectivity index (χ4v) is 3.13. The molecule has 1 heterocycles. The van der Waals surface area contributed by atoms with Crippen molar-refractivity contribution in [3.05, 3.63) is 31.5 Å². The Morgan fingerprint density at radius 2 is 0.708 bits per heavy atom. The molecule has 0 saturated carbocycles. The molecule has 15 heteroatoms. The highest BCUT2D eigenvalue weighted by molar-refractivity contribution is 8.01. The van der Waals surface area contributed by atoms with Crippen LogP contribution in [0.15, 0.2) is 14.4 Å². The van der Waals surface area contributed by atoms with Crippen LogP contribution in [-0.2, 0) is 12.6 Å². The van der Waals surface area contributed by atoms with E-state index in [1.54, 1.807) is 0 Å². The maximum Gasteiger partial charge on any atom is 0.340 e. The van der Waals surface area contributed by atoms with Crippen molar-refractivity contribution in [2.24, 2.45) is 0 Å². The smallest absolute Gasteiger partial charge is 0.247 e. The quantitative estimate of drug-likeness (QED) is 0.209. The Hall–Kier alpha value is 1.56. The molecule has 1 aromatic rings. The van der Waals surface area contributed by atoms with Crippen LogP contribution in [0.25, 0.3) is 0 Å². The lowest BCUT2D eigenvalue weighted by atomic mass is 10.6. The van der Waals surface area contributed by atoms with Gasteiger partial charge in [-0.3, -0.25) is 0 Å². The Bertz CT molecular complexity index is 659. The van der Waals surface area contributed by atoms with Crippen LogP contribution in [0.2, 0.25) is 0 Å². The number of hydrogen-bond donors (Lipinski definition) is 9. The van der Waals surface area contributed by atoms with Crippen LogP contribution >= 0.6 is 114 Å². The lowest BCUT2D eigenvalue weighted by Gasteiger charge is -2.31. The van der Waals surface area contributed by atoms with Crippen molar-refractivity contribution < 1.29 is 0 Å². The monoisotopic (exact) mass is 501 g/mol. The van der Waals surface area contributed by atoms with Gasteiger partial charge in [0.1, 0.15) is 12.6 Å². The molecular formula is C9H15N3O3S9. The van der Waals surface area contributed by atoms with Gasteiger partial charge in [-0.25, -0.2) is 28.1 Å². The van der Waals surface area contributed by atoms with Crippen molar-refractivity contribution >= 4 is 114 Å². The van der Waals surface area contributed by atoms with Gasteiger partial charge in [-0.15, -0.1) is 75.8 Å². The summed E-state index contributed by atoms with van der Waals surface area (Å²) in [4.78, 5) is 38.3. The normalized spacial score (nSPS) is 13.4. The van der Waals surface area contributed by atoms with Crippen molar-refractivity contribution in [2.45, 2.75) is 12.6 Å². The van der Waals surface area contributed by atoms with E-state index < -0.39 is 29.7 Å². The predicted molar refractivity (Wildman–Crippen MR) is 129 cm³/mol. The summed E-state index contributed by atoms with van der Waals surface area (Å²) in [6.45, 7) is 0. The summed E-state index contributed by atoms with van der Waals surface area (Å²) in [5.41, 5.74) is -3.05. The van der Waals surface area contributed by atoms with Gasteiger partial charge < -0.3 is 0 Å². The number of rotatable bonds is 6. The number of thiol groups is 9. The largest absolute Gasteiger partial charge is 0.340 e. The van der Waals surface area contributed by atoms with E-state index >= 15 is 0 Å². The van der Waals surface area contributed by atoms with Crippen molar-refractivity contribution in [1.29, 1.82) is 0 Å². The third-order valence-electron chi connectivity index (χ3n) is 2.86. The molecule has 0 amide bonds. The van der Waals surface area contributed by atoms with Crippen molar-refractivity contribution in [3.63, 3.8) is 0 Å². The predicted octanol–water partition coefficient (Wildman–Crippen LogP) is 0.371. The van der Waals surface area contributed by atoms with E-state index in [4.69, 9.17) is 0 Å². The first-order valence-electron chi connectivity index (χ1n) is 5.98. The minimum absolute atomic E-state index is 0.105. The molecule has 0 N–H and O–H groups in total. The average molecular weight is 502 g/mol. The van der Waals surface area contributed by atoms with E-state index in [-0.39, 0.29) is 17.3 Å². The molecular weight excluding hydrogens is 487 g/mol. The molecule has 1 aromatic heterocycles. The summed E-state index contributed by atoms with van der Waals surface area (Å²) in [5.74, 6) is -0.314. The fourth-order valence-electron chi connectivity index (χ4n) is 1.68. The van der Waals surface area contributed by atoms with Crippen molar-refractivity contribution in [2.75, 3.05) is 17.3 Å². The first-order valence-corrected chi connectivity index (χ1v) is 10.6. The molecule has 0 aromatic carbocycles. The summed E-state index contributed by atoms with van der Waals surface area (Å²) >= 11 is 37.2. The van der Waals surface area contributed by atoms with Gasteiger partial charge in [0, 0.05) is 17.3 Å². The summed E-state index contributed by atoms with van der Waals surface area (Å²) in [6, 6.07) is 0. The maximum absolute atomic E-state index is 12.8. The Labute approximate surface area is 187 Å². The fraction of sp³-hybridized carbons (Fsp3) is 0.667. The lowest BCUT2D eigenvalue weighted by molar-refractivity contribution is 0.433. The molecule has 0 saturated heterocycles. The third-order valence-corrected chi connectivity index (χ3v) is 7.88. The molecule has 0 atom stereocenters. The molecule has 0 aliphatic heterocycles. The van der Waals surface area contributed by atoms with Crippen LogP contribution in [0.4, 0.5) is 0 Å². The van der Waals surface area contributed by atoms with Crippen LogP contribution in [0.3, 0.4) is 0 Å². The highest BCUT2D eigenvalue weighted by Crippen LogP contribution is 2.29. The van der Waals surface area contributed by atoms with Gasteiger partial charge in [-0.05, 0) is 0 Å². The molecule has 6 nitrogen and oxygen atoms in total. The van der Waals surface area contributed by atoms with Crippen LogP contribution in [0.1, 0.15) is 0 Å². The first kappa shape index (κ1) is 23.6. The second kappa shape index (κ2) is 8.29. The van der Waals surface area contributed by atoms with E-state index in [9.17, 15) is 14.4 Å². The van der Waals surface area contributed by atoms with Gasteiger partial charge in [0.25, 0.3) is 0 Å². The Morgan fingerprint density at radius 3 is 0.833 bits per heavy atom. The molecule has 0 bridgehead atoms. The Morgan fingerprint density at radius 1 is 0.542 bits per heavy atom. The number of aromatic nitrogens is 3. The van der Waals surface area contributed by atoms with E-state index in [1.807, 2.05) is 0 Å². The average Bonchev–Trinajstić information content (AvgIpc) is 2.46. The molecule has 138 valence electrons.